The second kappa shape index (κ2) is 12.7. The highest BCUT2D eigenvalue weighted by Crippen LogP contribution is 2.12. The number of hydrogen-bond donors (Lipinski definition) is 2. The van der Waals surface area contributed by atoms with E-state index in [1.807, 2.05) is 6.07 Å². The maximum Gasteiger partial charge on any atom is 0.191 e. The Bertz CT molecular complexity index is 481. The molecule has 8 heteroatoms. The Hall–Kier alpha value is -0.640. The Morgan fingerprint density at radius 1 is 1.46 bits per heavy atom. The summed E-state index contributed by atoms with van der Waals surface area (Å²) in [7, 11) is 1.76. The Balaban J connectivity index is 0.00000288. The van der Waals surface area contributed by atoms with Gasteiger partial charge in [0.15, 0.2) is 5.96 Å². The van der Waals surface area contributed by atoms with Gasteiger partial charge < -0.3 is 20.1 Å². The number of hydrogen-bond acceptors (Lipinski definition) is 4. The zero-order valence-corrected chi connectivity index (χ0v) is 17.0. The minimum atomic E-state index is 0. The summed E-state index contributed by atoms with van der Waals surface area (Å²) in [5, 5.41) is 7.01. The first-order valence-electron chi connectivity index (χ1n) is 7.98. The van der Waals surface area contributed by atoms with Gasteiger partial charge in [-0.25, -0.2) is 4.98 Å². The van der Waals surface area contributed by atoms with Crippen molar-refractivity contribution in [1.82, 2.24) is 15.6 Å². The van der Waals surface area contributed by atoms with E-state index in [-0.39, 0.29) is 24.0 Å². The Morgan fingerprint density at radius 3 is 3.00 bits per heavy atom. The fourth-order valence-electron chi connectivity index (χ4n) is 2.26. The van der Waals surface area contributed by atoms with Gasteiger partial charge in [-0.2, -0.15) is 0 Å². The maximum atomic E-state index is 5.77. The second-order valence-corrected chi connectivity index (χ2v) is 5.89. The van der Waals surface area contributed by atoms with Crippen LogP contribution in [0.2, 0.25) is 5.15 Å². The van der Waals surface area contributed by atoms with E-state index in [0.717, 1.165) is 57.3 Å². The lowest BCUT2D eigenvalue weighted by molar-refractivity contribution is 0.0888. The molecule has 1 aliphatic heterocycles. The average Bonchev–Trinajstić information content (AvgIpc) is 3.08. The van der Waals surface area contributed by atoms with E-state index in [2.05, 4.69) is 20.6 Å². The Kier molecular flexibility index (Phi) is 11.3. The van der Waals surface area contributed by atoms with Crippen LogP contribution in [0, 0.1) is 5.92 Å². The number of aliphatic imine (C=N–C) groups is 1. The van der Waals surface area contributed by atoms with Crippen LogP contribution in [0.1, 0.15) is 18.4 Å². The summed E-state index contributed by atoms with van der Waals surface area (Å²) in [6.07, 6.45) is 3.81. The number of nitrogens with one attached hydrogen (secondary N) is 2. The molecule has 136 valence electrons. The van der Waals surface area contributed by atoms with E-state index >= 15 is 0 Å². The Labute approximate surface area is 165 Å². The SMILES string of the molecule is CN=C(NCCCOCC1CCOC1)NCc1ccc(Cl)nc1.I. The van der Waals surface area contributed by atoms with Crippen LogP contribution in [0.3, 0.4) is 0 Å². The van der Waals surface area contributed by atoms with Crippen molar-refractivity contribution in [2.45, 2.75) is 19.4 Å². The first kappa shape index (κ1) is 21.4. The highest BCUT2D eigenvalue weighted by atomic mass is 127. The van der Waals surface area contributed by atoms with Gasteiger partial charge in [0.2, 0.25) is 0 Å². The smallest absolute Gasteiger partial charge is 0.191 e. The van der Waals surface area contributed by atoms with Gasteiger partial charge in [0, 0.05) is 45.5 Å². The molecule has 1 saturated heterocycles. The predicted octanol–water partition coefficient (Wildman–Crippen LogP) is 2.46. The summed E-state index contributed by atoms with van der Waals surface area (Å²) in [6.45, 7) is 4.74. The lowest BCUT2D eigenvalue weighted by Crippen LogP contribution is -2.37. The van der Waals surface area contributed by atoms with Crippen molar-refractivity contribution in [2.24, 2.45) is 10.9 Å². The van der Waals surface area contributed by atoms with Crippen LogP contribution in [0.15, 0.2) is 23.3 Å². The number of nitrogens with zero attached hydrogens (tertiary/aromatic N) is 2. The molecule has 0 bridgehead atoms. The highest BCUT2D eigenvalue weighted by Gasteiger charge is 2.15. The van der Waals surface area contributed by atoms with Gasteiger partial charge in [0.05, 0.1) is 13.2 Å². The zero-order chi connectivity index (χ0) is 16.3. The summed E-state index contributed by atoms with van der Waals surface area (Å²) in [5.74, 6) is 1.34. The topological polar surface area (TPSA) is 67.8 Å². The number of ether oxygens (including phenoxy) is 2. The van der Waals surface area contributed by atoms with Crippen molar-refractivity contribution < 1.29 is 9.47 Å². The summed E-state index contributed by atoms with van der Waals surface area (Å²) >= 11 is 5.77. The molecular formula is C16H26ClIN4O2. The number of pyridine rings is 1. The summed E-state index contributed by atoms with van der Waals surface area (Å²) in [5.41, 5.74) is 1.06. The van der Waals surface area contributed by atoms with Crippen molar-refractivity contribution in [2.75, 3.05) is 40.0 Å². The maximum absolute atomic E-state index is 5.77. The van der Waals surface area contributed by atoms with E-state index in [1.54, 1.807) is 19.3 Å². The van der Waals surface area contributed by atoms with Crippen LogP contribution in [-0.4, -0.2) is 51.0 Å². The fourth-order valence-corrected chi connectivity index (χ4v) is 2.38. The van der Waals surface area contributed by atoms with Gasteiger partial charge in [0.25, 0.3) is 0 Å². The molecular weight excluding hydrogens is 443 g/mol. The monoisotopic (exact) mass is 468 g/mol. The minimum absolute atomic E-state index is 0. The summed E-state index contributed by atoms with van der Waals surface area (Å²) < 4.78 is 11.0. The number of guanidine groups is 1. The van der Waals surface area contributed by atoms with E-state index in [9.17, 15) is 0 Å². The molecule has 2 heterocycles. The zero-order valence-electron chi connectivity index (χ0n) is 14.0. The molecule has 0 aliphatic carbocycles. The largest absolute Gasteiger partial charge is 0.381 e. The summed E-state index contributed by atoms with van der Waals surface area (Å²) in [6, 6.07) is 3.72. The van der Waals surface area contributed by atoms with Crippen LogP contribution >= 0.6 is 35.6 Å². The van der Waals surface area contributed by atoms with Crippen molar-refractivity contribution >= 4 is 41.5 Å². The van der Waals surface area contributed by atoms with Crippen molar-refractivity contribution in [3.05, 3.63) is 29.0 Å². The third-order valence-electron chi connectivity index (χ3n) is 3.61. The van der Waals surface area contributed by atoms with E-state index < -0.39 is 0 Å². The standard InChI is InChI=1S/C16H25ClN4O2.HI/c1-18-16(21-10-13-3-4-15(17)20-9-13)19-6-2-7-22-11-14-5-8-23-12-14;/h3-4,9,14H,2,5-8,10-12H2,1H3,(H2,18,19,21);1H. The first-order valence-corrected chi connectivity index (χ1v) is 8.36. The molecule has 0 aromatic carbocycles. The third-order valence-corrected chi connectivity index (χ3v) is 3.83. The molecule has 2 N–H and O–H groups in total. The molecule has 2 rings (SSSR count). The molecule has 1 fully saturated rings. The van der Waals surface area contributed by atoms with Crippen LogP contribution in [0.4, 0.5) is 0 Å². The van der Waals surface area contributed by atoms with Gasteiger partial charge in [-0.15, -0.1) is 24.0 Å². The molecule has 1 atom stereocenters. The minimum Gasteiger partial charge on any atom is -0.381 e. The van der Waals surface area contributed by atoms with Gasteiger partial charge in [-0.3, -0.25) is 4.99 Å². The van der Waals surface area contributed by atoms with Crippen LogP contribution in [0.5, 0.6) is 0 Å². The second-order valence-electron chi connectivity index (χ2n) is 5.50. The van der Waals surface area contributed by atoms with Crippen molar-refractivity contribution in [1.29, 1.82) is 0 Å². The summed E-state index contributed by atoms with van der Waals surface area (Å²) in [4.78, 5) is 8.24. The van der Waals surface area contributed by atoms with Crippen molar-refractivity contribution in [3.8, 4) is 0 Å². The Morgan fingerprint density at radius 2 is 2.33 bits per heavy atom. The molecule has 0 amide bonds. The van der Waals surface area contributed by atoms with Crippen molar-refractivity contribution in [3.63, 3.8) is 0 Å². The van der Waals surface area contributed by atoms with Crippen LogP contribution in [-0.2, 0) is 16.0 Å². The van der Waals surface area contributed by atoms with Gasteiger partial charge in [-0.05, 0) is 24.5 Å². The lowest BCUT2D eigenvalue weighted by Gasteiger charge is -2.12. The predicted molar refractivity (Wildman–Crippen MR) is 107 cm³/mol. The lowest BCUT2D eigenvalue weighted by atomic mass is 10.1. The molecule has 1 aromatic heterocycles. The van der Waals surface area contributed by atoms with E-state index in [0.29, 0.717) is 17.6 Å². The van der Waals surface area contributed by atoms with Gasteiger partial charge >= 0.3 is 0 Å². The van der Waals surface area contributed by atoms with Gasteiger partial charge in [0.1, 0.15) is 5.15 Å². The molecule has 1 unspecified atom stereocenters. The molecule has 0 radical (unpaired) electrons. The first-order chi connectivity index (χ1) is 11.3. The molecule has 24 heavy (non-hydrogen) atoms. The molecule has 6 nitrogen and oxygen atoms in total. The van der Waals surface area contributed by atoms with Crippen LogP contribution < -0.4 is 10.6 Å². The normalized spacial score (nSPS) is 17.4. The van der Waals surface area contributed by atoms with E-state index in [4.69, 9.17) is 21.1 Å². The average molecular weight is 469 g/mol. The molecule has 1 aromatic rings. The molecule has 0 saturated carbocycles. The molecule has 1 aliphatic rings. The highest BCUT2D eigenvalue weighted by molar-refractivity contribution is 14.0. The number of aromatic nitrogens is 1. The fraction of sp³-hybridized carbons (Fsp3) is 0.625. The van der Waals surface area contributed by atoms with Crippen LogP contribution in [0.25, 0.3) is 0 Å². The third kappa shape index (κ3) is 8.46. The quantitative estimate of drug-likeness (QED) is 0.202. The number of halogens is 2. The number of rotatable bonds is 8. The van der Waals surface area contributed by atoms with Gasteiger partial charge in [-0.1, -0.05) is 17.7 Å². The van der Waals surface area contributed by atoms with E-state index in [1.165, 1.54) is 0 Å². The molecule has 0 spiro atoms.